The minimum absolute atomic E-state index is 0. The van der Waals surface area contributed by atoms with Gasteiger partial charge in [-0.05, 0) is 36.4 Å². The van der Waals surface area contributed by atoms with E-state index < -0.39 is 11.9 Å². The van der Waals surface area contributed by atoms with Crippen LogP contribution in [-0.2, 0) is 0 Å². The van der Waals surface area contributed by atoms with Crippen LogP contribution in [0.25, 0.3) is 22.6 Å². The molecule has 0 aliphatic carbocycles. The zero-order valence-electron chi connectivity index (χ0n) is 12.7. The average molecular weight is 395 g/mol. The van der Waals surface area contributed by atoms with Crippen molar-refractivity contribution in [3.05, 3.63) is 70.9 Å². The van der Waals surface area contributed by atoms with E-state index in [1.54, 1.807) is 30.3 Å². The van der Waals surface area contributed by atoms with E-state index in [2.05, 4.69) is 9.97 Å². The number of carboxylic acid groups (broad SMARTS) is 2. The van der Waals surface area contributed by atoms with Crippen LogP contribution < -0.4 is 0 Å². The second kappa shape index (κ2) is 8.85. The van der Waals surface area contributed by atoms with Crippen molar-refractivity contribution in [2.75, 3.05) is 0 Å². The topological polar surface area (TPSA) is 100 Å². The third-order valence-corrected chi connectivity index (χ3v) is 3.78. The third kappa shape index (κ3) is 4.37. The van der Waals surface area contributed by atoms with Gasteiger partial charge in [-0.15, -0.1) is 0 Å². The Labute approximate surface area is 196 Å². The second-order valence-corrected chi connectivity index (χ2v) is 5.55. The molecule has 0 aliphatic rings. The summed E-state index contributed by atoms with van der Waals surface area (Å²) in [5.74, 6) is -2.43. The Balaban J connectivity index is 0.00000243. The number of hydrogen-bond donors (Lipinski definition) is 2. The SMILES string of the molecule is O=C(O)c1cccnc1-c1nc(-c2ccc(Cl)cc2)ccc1C(=O)O.[KH]. The molecule has 1 aromatic carbocycles. The van der Waals surface area contributed by atoms with Gasteiger partial charge in [0.2, 0.25) is 0 Å². The van der Waals surface area contributed by atoms with Crippen LogP contribution in [0.2, 0.25) is 5.02 Å². The van der Waals surface area contributed by atoms with Gasteiger partial charge in [0.15, 0.2) is 0 Å². The molecular formula is C18H12ClKN2O4. The van der Waals surface area contributed by atoms with Crippen LogP contribution in [0.3, 0.4) is 0 Å². The first-order valence-corrected chi connectivity index (χ1v) is 7.54. The van der Waals surface area contributed by atoms with Gasteiger partial charge in [0.1, 0.15) is 11.4 Å². The van der Waals surface area contributed by atoms with E-state index in [0.717, 1.165) is 5.56 Å². The number of aromatic carboxylic acids is 2. The first-order valence-electron chi connectivity index (χ1n) is 7.16. The van der Waals surface area contributed by atoms with E-state index in [-0.39, 0.29) is 73.9 Å². The van der Waals surface area contributed by atoms with Gasteiger partial charge >= 0.3 is 63.3 Å². The Kier molecular flexibility index (Phi) is 7.05. The van der Waals surface area contributed by atoms with Crippen LogP contribution in [-0.4, -0.2) is 83.5 Å². The van der Waals surface area contributed by atoms with E-state index in [1.807, 2.05) is 0 Å². The normalized spacial score (nSPS) is 10.0. The summed E-state index contributed by atoms with van der Waals surface area (Å²) >= 11 is 5.88. The molecule has 0 unspecified atom stereocenters. The zero-order valence-corrected chi connectivity index (χ0v) is 13.4. The molecule has 0 fully saturated rings. The van der Waals surface area contributed by atoms with Gasteiger partial charge in [-0.2, -0.15) is 0 Å². The van der Waals surface area contributed by atoms with E-state index in [1.165, 1.54) is 24.4 Å². The molecule has 126 valence electrons. The average Bonchev–Trinajstić information content (AvgIpc) is 2.61. The molecule has 0 spiro atoms. The summed E-state index contributed by atoms with van der Waals surface area (Å²) in [4.78, 5) is 31.4. The van der Waals surface area contributed by atoms with Crippen LogP contribution in [0, 0.1) is 0 Å². The second-order valence-electron chi connectivity index (χ2n) is 5.11. The summed E-state index contributed by atoms with van der Waals surface area (Å²) in [5.41, 5.74) is 0.958. The number of benzene rings is 1. The molecule has 8 heteroatoms. The van der Waals surface area contributed by atoms with Crippen molar-refractivity contribution in [2.24, 2.45) is 0 Å². The fourth-order valence-electron chi connectivity index (χ4n) is 2.36. The summed E-state index contributed by atoms with van der Waals surface area (Å²) in [7, 11) is 0. The van der Waals surface area contributed by atoms with Gasteiger partial charge in [-0.3, -0.25) is 4.98 Å². The van der Waals surface area contributed by atoms with E-state index in [0.29, 0.717) is 10.7 Å². The quantitative estimate of drug-likeness (QED) is 0.659. The molecule has 3 rings (SSSR count). The van der Waals surface area contributed by atoms with Crippen LogP contribution in [0.4, 0.5) is 0 Å². The number of nitrogens with zero attached hydrogens (tertiary/aromatic N) is 2. The van der Waals surface area contributed by atoms with Crippen molar-refractivity contribution in [1.82, 2.24) is 9.97 Å². The van der Waals surface area contributed by atoms with Crippen LogP contribution >= 0.6 is 11.6 Å². The number of hydrogen-bond acceptors (Lipinski definition) is 4. The van der Waals surface area contributed by atoms with Crippen molar-refractivity contribution in [3.63, 3.8) is 0 Å². The van der Waals surface area contributed by atoms with Crippen LogP contribution in [0.15, 0.2) is 54.7 Å². The molecule has 0 saturated carbocycles. The van der Waals surface area contributed by atoms with Crippen LogP contribution in [0.1, 0.15) is 20.7 Å². The van der Waals surface area contributed by atoms with Crippen molar-refractivity contribution in [3.8, 4) is 22.6 Å². The standard InChI is InChI=1S/C18H11ClN2O4.K.H/c19-11-5-3-10(4-6-11)14-8-7-13(18(24)25)16(21-14)15-12(17(22)23)2-1-9-20-15;;/h1-9H,(H,22,23)(H,24,25);;. The summed E-state index contributed by atoms with van der Waals surface area (Å²) < 4.78 is 0. The molecule has 26 heavy (non-hydrogen) atoms. The van der Waals surface area contributed by atoms with Crippen molar-refractivity contribution in [2.45, 2.75) is 0 Å². The minimum atomic E-state index is -1.22. The number of pyridine rings is 2. The molecule has 3 aromatic rings. The maximum atomic E-state index is 11.5. The van der Waals surface area contributed by atoms with Gasteiger partial charge in [-0.25, -0.2) is 14.6 Å². The third-order valence-electron chi connectivity index (χ3n) is 3.53. The number of rotatable bonds is 4. The summed E-state index contributed by atoms with van der Waals surface area (Å²) in [5, 5.41) is 19.3. The maximum absolute atomic E-state index is 11.5. The fraction of sp³-hybridized carbons (Fsp3) is 0. The Bertz CT molecular complexity index is 977. The van der Waals surface area contributed by atoms with Gasteiger partial charge in [0.25, 0.3) is 0 Å². The van der Waals surface area contributed by atoms with Gasteiger partial charge < -0.3 is 10.2 Å². The van der Waals surface area contributed by atoms with E-state index >= 15 is 0 Å². The van der Waals surface area contributed by atoms with Crippen molar-refractivity contribution >= 4 is 74.9 Å². The number of aromatic nitrogens is 2. The Hall–Kier alpha value is -1.61. The van der Waals surface area contributed by atoms with Crippen molar-refractivity contribution in [1.29, 1.82) is 0 Å². The number of carbonyl (C=O) groups is 2. The fourth-order valence-corrected chi connectivity index (χ4v) is 2.49. The number of carboxylic acids is 2. The number of halogens is 1. The molecule has 6 nitrogen and oxygen atoms in total. The van der Waals surface area contributed by atoms with Gasteiger partial charge in [0.05, 0.1) is 16.8 Å². The molecule has 2 N–H and O–H groups in total. The predicted octanol–water partition coefficient (Wildman–Crippen LogP) is 3.21. The zero-order chi connectivity index (χ0) is 18.0. The van der Waals surface area contributed by atoms with Crippen LogP contribution in [0.5, 0.6) is 0 Å². The Morgan fingerprint density at radius 3 is 2.08 bits per heavy atom. The van der Waals surface area contributed by atoms with E-state index in [4.69, 9.17) is 11.6 Å². The molecule has 0 bridgehead atoms. The Morgan fingerprint density at radius 2 is 1.46 bits per heavy atom. The first-order chi connectivity index (χ1) is 12.0. The molecule has 0 saturated heterocycles. The molecule has 0 amide bonds. The molecule has 0 radical (unpaired) electrons. The Morgan fingerprint density at radius 1 is 0.846 bits per heavy atom. The first kappa shape index (κ1) is 20.7. The molecule has 0 aliphatic heterocycles. The molecule has 0 atom stereocenters. The summed E-state index contributed by atoms with van der Waals surface area (Å²) in [6.07, 6.45) is 1.39. The molecule has 2 heterocycles. The van der Waals surface area contributed by atoms with Gasteiger partial charge in [0, 0.05) is 16.8 Å². The predicted molar refractivity (Wildman–Crippen MR) is 99.0 cm³/mol. The van der Waals surface area contributed by atoms with Crippen molar-refractivity contribution < 1.29 is 19.8 Å². The molecule has 2 aromatic heterocycles. The summed E-state index contributed by atoms with van der Waals surface area (Å²) in [6.45, 7) is 0. The summed E-state index contributed by atoms with van der Waals surface area (Å²) in [6, 6.07) is 12.6. The monoisotopic (exact) mass is 394 g/mol. The van der Waals surface area contributed by atoms with E-state index in [9.17, 15) is 19.8 Å². The molecular weight excluding hydrogens is 383 g/mol. The van der Waals surface area contributed by atoms with Gasteiger partial charge in [-0.1, -0.05) is 23.7 Å².